The third kappa shape index (κ3) is 2.86. The minimum absolute atomic E-state index is 0.0495. The van der Waals surface area contributed by atoms with Gasteiger partial charge in [-0.05, 0) is 74.2 Å². The molecule has 1 N–H and O–H groups in total. The number of halogens is 2. The van der Waals surface area contributed by atoms with E-state index in [1.54, 1.807) is 11.3 Å². The Morgan fingerprint density at radius 1 is 1.21 bits per heavy atom. The first-order valence-electron chi connectivity index (χ1n) is 5.37. The van der Waals surface area contributed by atoms with Crippen molar-refractivity contribution in [2.24, 2.45) is 0 Å². The van der Waals surface area contributed by atoms with E-state index in [1.165, 1.54) is 20.7 Å². The van der Waals surface area contributed by atoms with Crippen LogP contribution in [-0.2, 0) is 0 Å². The van der Waals surface area contributed by atoms with Crippen LogP contribution in [0.3, 0.4) is 0 Å². The van der Waals surface area contributed by atoms with Gasteiger partial charge >= 0.3 is 0 Å². The summed E-state index contributed by atoms with van der Waals surface area (Å²) in [5.74, 6) is -0.0495. The second-order valence-corrected chi connectivity index (χ2v) is 7.89. The summed E-state index contributed by atoms with van der Waals surface area (Å²) in [6.07, 6.45) is 0. The number of anilines is 1. The predicted octanol–water partition coefficient (Wildman–Crippen LogP) is 5.58. The lowest BCUT2D eigenvalue weighted by Gasteiger charge is -2.05. The van der Waals surface area contributed by atoms with Crippen molar-refractivity contribution in [3.63, 3.8) is 0 Å². The van der Waals surface area contributed by atoms with Gasteiger partial charge in [0.05, 0.1) is 4.88 Å². The van der Waals surface area contributed by atoms with Crippen LogP contribution in [0.25, 0.3) is 9.40 Å². The molecule has 0 radical (unpaired) electrons. The molecular formula is C13H7BrINOS2. The van der Waals surface area contributed by atoms with Gasteiger partial charge in [-0.3, -0.25) is 4.79 Å². The zero-order chi connectivity index (χ0) is 13.4. The second kappa shape index (κ2) is 5.51. The SMILES string of the molecule is O=C(Nc1ccc(Br)c(I)c1)c1cc2sccc2s1. The third-order valence-electron chi connectivity index (χ3n) is 2.54. The van der Waals surface area contributed by atoms with Gasteiger partial charge in [0.25, 0.3) is 5.91 Å². The highest BCUT2D eigenvalue weighted by atomic mass is 127. The van der Waals surface area contributed by atoms with Crippen molar-refractivity contribution in [2.75, 3.05) is 5.32 Å². The molecule has 2 aromatic heterocycles. The van der Waals surface area contributed by atoms with Crippen molar-refractivity contribution < 1.29 is 4.79 Å². The third-order valence-corrected chi connectivity index (χ3v) is 6.96. The molecule has 0 atom stereocenters. The lowest BCUT2D eigenvalue weighted by molar-refractivity contribution is 0.103. The van der Waals surface area contributed by atoms with Crippen LogP contribution in [0.4, 0.5) is 5.69 Å². The van der Waals surface area contributed by atoms with Crippen LogP contribution < -0.4 is 5.32 Å². The Morgan fingerprint density at radius 3 is 2.79 bits per heavy atom. The van der Waals surface area contributed by atoms with Crippen LogP contribution in [0, 0.1) is 3.57 Å². The van der Waals surface area contributed by atoms with Gasteiger partial charge in [0, 0.05) is 23.1 Å². The first kappa shape index (κ1) is 13.5. The van der Waals surface area contributed by atoms with Gasteiger partial charge in [0.15, 0.2) is 0 Å². The molecule has 1 amide bonds. The average Bonchev–Trinajstić information content (AvgIpc) is 2.94. The molecule has 2 heterocycles. The predicted molar refractivity (Wildman–Crippen MR) is 94.5 cm³/mol. The molecule has 0 fully saturated rings. The quantitative estimate of drug-likeness (QED) is 0.493. The van der Waals surface area contributed by atoms with Crippen LogP contribution in [0.1, 0.15) is 9.67 Å². The topological polar surface area (TPSA) is 29.1 Å². The Morgan fingerprint density at radius 2 is 2.05 bits per heavy atom. The Balaban J connectivity index is 1.84. The maximum atomic E-state index is 12.2. The summed E-state index contributed by atoms with van der Waals surface area (Å²) in [5, 5.41) is 4.97. The molecule has 0 unspecified atom stereocenters. The lowest BCUT2D eigenvalue weighted by Crippen LogP contribution is -2.10. The lowest BCUT2D eigenvalue weighted by atomic mass is 10.3. The Bertz CT molecular complexity index is 736. The summed E-state index contributed by atoms with van der Waals surface area (Å²) in [6, 6.07) is 9.76. The normalized spacial score (nSPS) is 10.8. The first-order valence-corrected chi connectivity index (χ1v) is 8.94. The van der Waals surface area contributed by atoms with Gasteiger partial charge in [-0.2, -0.15) is 0 Å². The minimum atomic E-state index is -0.0495. The van der Waals surface area contributed by atoms with Crippen LogP contribution in [0.15, 0.2) is 40.2 Å². The van der Waals surface area contributed by atoms with Crippen molar-refractivity contribution in [2.45, 2.75) is 0 Å². The van der Waals surface area contributed by atoms with Crippen LogP contribution in [0.5, 0.6) is 0 Å². The molecule has 0 saturated heterocycles. The zero-order valence-electron chi connectivity index (χ0n) is 9.44. The second-order valence-electron chi connectivity index (χ2n) is 3.84. The summed E-state index contributed by atoms with van der Waals surface area (Å²) < 4.78 is 4.44. The largest absolute Gasteiger partial charge is 0.321 e. The number of hydrogen-bond acceptors (Lipinski definition) is 3. The summed E-state index contributed by atoms with van der Waals surface area (Å²) >= 11 is 8.85. The molecule has 1 aromatic carbocycles. The first-order chi connectivity index (χ1) is 9.13. The molecule has 19 heavy (non-hydrogen) atoms. The van der Waals surface area contributed by atoms with Crippen LogP contribution in [-0.4, -0.2) is 5.91 Å². The summed E-state index contributed by atoms with van der Waals surface area (Å²) in [4.78, 5) is 12.9. The maximum Gasteiger partial charge on any atom is 0.265 e. The van der Waals surface area contributed by atoms with E-state index in [0.717, 1.165) is 18.6 Å². The van der Waals surface area contributed by atoms with Crippen molar-refractivity contribution in [1.82, 2.24) is 0 Å². The van der Waals surface area contributed by atoms with Crippen molar-refractivity contribution >= 4 is 82.2 Å². The monoisotopic (exact) mass is 463 g/mol. The Hall–Kier alpha value is -0.440. The van der Waals surface area contributed by atoms with E-state index in [2.05, 4.69) is 43.8 Å². The number of amides is 1. The number of nitrogens with one attached hydrogen (secondary N) is 1. The summed E-state index contributed by atoms with van der Waals surface area (Å²) in [5.41, 5.74) is 0.814. The fourth-order valence-electron chi connectivity index (χ4n) is 1.64. The summed E-state index contributed by atoms with van der Waals surface area (Å²) in [6.45, 7) is 0. The zero-order valence-corrected chi connectivity index (χ0v) is 14.8. The van der Waals surface area contributed by atoms with Gasteiger partial charge in [0.2, 0.25) is 0 Å². The number of carbonyl (C=O) groups is 1. The molecule has 0 spiro atoms. The van der Waals surface area contributed by atoms with Crippen molar-refractivity contribution in [1.29, 1.82) is 0 Å². The molecule has 3 aromatic rings. The molecule has 0 aliphatic heterocycles. The molecule has 96 valence electrons. The van der Waals surface area contributed by atoms with Crippen molar-refractivity contribution in [3.05, 3.63) is 48.6 Å². The number of thiophene rings is 2. The van der Waals surface area contributed by atoms with E-state index in [9.17, 15) is 4.79 Å². The number of fused-ring (bicyclic) bond motifs is 1. The van der Waals surface area contributed by atoms with E-state index in [4.69, 9.17) is 0 Å². The highest BCUT2D eigenvalue weighted by Crippen LogP contribution is 2.30. The molecule has 3 rings (SSSR count). The maximum absolute atomic E-state index is 12.2. The van der Waals surface area contributed by atoms with Crippen LogP contribution in [0.2, 0.25) is 0 Å². The van der Waals surface area contributed by atoms with Gasteiger partial charge in [0.1, 0.15) is 0 Å². The number of rotatable bonds is 2. The van der Waals surface area contributed by atoms with Gasteiger partial charge in [-0.1, -0.05) is 0 Å². The van der Waals surface area contributed by atoms with E-state index < -0.39 is 0 Å². The fraction of sp³-hybridized carbons (Fsp3) is 0. The number of benzene rings is 1. The molecule has 0 saturated carbocycles. The van der Waals surface area contributed by atoms with Gasteiger partial charge in [-0.15, -0.1) is 22.7 Å². The average molecular weight is 464 g/mol. The summed E-state index contributed by atoms with van der Waals surface area (Å²) in [7, 11) is 0. The van der Waals surface area contributed by atoms with E-state index >= 15 is 0 Å². The highest BCUT2D eigenvalue weighted by Gasteiger charge is 2.11. The fourth-order valence-corrected chi connectivity index (χ4v) is 4.41. The van der Waals surface area contributed by atoms with E-state index in [0.29, 0.717) is 0 Å². The number of hydrogen-bond donors (Lipinski definition) is 1. The van der Waals surface area contributed by atoms with E-state index in [1.807, 2.05) is 35.7 Å². The van der Waals surface area contributed by atoms with Crippen molar-refractivity contribution in [3.8, 4) is 0 Å². The molecular weight excluding hydrogens is 457 g/mol. The molecule has 0 bridgehead atoms. The molecule has 6 heteroatoms. The van der Waals surface area contributed by atoms with E-state index in [-0.39, 0.29) is 5.91 Å². The molecule has 2 nitrogen and oxygen atoms in total. The van der Waals surface area contributed by atoms with Crippen LogP contribution >= 0.6 is 61.2 Å². The minimum Gasteiger partial charge on any atom is -0.321 e. The van der Waals surface area contributed by atoms with Gasteiger partial charge < -0.3 is 5.32 Å². The van der Waals surface area contributed by atoms with Gasteiger partial charge in [-0.25, -0.2) is 0 Å². The standard InChI is InChI=1S/C13H7BrINOS2/c14-8-2-1-7(5-9(8)15)16-13(17)12-6-11-10(19-12)3-4-18-11/h1-6H,(H,16,17). The molecule has 0 aliphatic carbocycles. The Labute approximate surface area is 140 Å². The Kier molecular flexibility index (Phi) is 3.93. The smallest absolute Gasteiger partial charge is 0.265 e. The highest BCUT2D eigenvalue weighted by molar-refractivity contribution is 14.1. The number of carbonyl (C=O) groups excluding carboxylic acids is 1. The molecule has 0 aliphatic rings.